The second-order valence-corrected chi connectivity index (χ2v) is 4.54. The van der Waals surface area contributed by atoms with Crippen molar-refractivity contribution in [2.24, 2.45) is 0 Å². The van der Waals surface area contributed by atoms with Crippen LogP contribution in [-0.2, 0) is 6.42 Å². The van der Waals surface area contributed by atoms with Crippen LogP contribution in [0.4, 0.5) is 0 Å². The average Bonchev–Trinajstić information content (AvgIpc) is 2.60. The third-order valence-corrected chi connectivity index (χ3v) is 2.92. The number of hydrogen-bond donors (Lipinski definition) is 2. The van der Waals surface area contributed by atoms with E-state index in [-0.39, 0.29) is 12.7 Å². The van der Waals surface area contributed by atoms with E-state index in [2.05, 4.69) is 27.3 Å². The zero-order chi connectivity index (χ0) is 10.7. The van der Waals surface area contributed by atoms with Crippen molar-refractivity contribution in [3.63, 3.8) is 0 Å². The highest BCUT2D eigenvalue weighted by Crippen LogP contribution is 2.30. The van der Waals surface area contributed by atoms with Crippen LogP contribution in [0, 0.1) is 0 Å². The number of ether oxygens (including phenoxy) is 1. The molecule has 1 aromatic rings. The summed E-state index contributed by atoms with van der Waals surface area (Å²) in [5.74, 6) is 0.981. The van der Waals surface area contributed by atoms with Gasteiger partial charge in [0.1, 0.15) is 11.9 Å². The van der Waals surface area contributed by atoms with Gasteiger partial charge < -0.3 is 15.2 Å². The molecule has 0 amide bonds. The Morgan fingerprint density at radius 2 is 2.40 bits per heavy atom. The van der Waals surface area contributed by atoms with Crippen molar-refractivity contribution in [2.45, 2.75) is 12.5 Å². The molecular weight excluding hydrogens is 258 g/mol. The van der Waals surface area contributed by atoms with Crippen LogP contribution in [0.15, 0.2) is 22.7 Å². The maximum Gasteiger partial charge on any atom is 0.123 e. The Morgan fingerprint density at radius 3 is 3.20 bits per heavy atom. The lowest BCUT2D eigenvalue weighted by molar-refractivity contribution is 0.219. The van der Waals surface area contributed by atoms with E-state index in [1.54, 1.807) is 0 Å². The third kappa shape index (κ3) is 2.71. The molecule has 1 atom stereocenters. The minimum atomic E-state index is 0.172. The molecule has 1 aliphatic rings. The summed E-state index contributed by atoms with van der Waals surface area (Å²) in [5.41, 5.74) is 1.25. The molecule has 0 aliphatic carbocycles. The second-order valence-electron chi connectivity index (χ2n) is 3.62. The van der Waals surface area contributed by atoms with Crippen LogP contribution in [0.25, 0.3) is 0 Å². The van der Waals surface area contributed by atoms with Crippen molar-refractivity contribution in [1.82, 2.24) is 5.32 Å². The molecular formula is C11H14BrNO2. The van der Waals surface area contributed by atoms with Crippen molar-refractivity contribution < 1.29 is 9.84 Å². The van der Waals surface area contributed by atoms with Crippen LogP contribution in [0.3, 0.4) is 0 Å². The average molecular weight is 272 g/mol. The van der Waals surface area contributed by atoms with Gasteiger partial charge in [0.15, 0.2) is 0 Å². The van der Waals surface area contributed by atoms with Gasteiger partial charge in [-0.25, -0.2) is 0 Å². The highest BCUT2D eigenvalue weighted by molar-refractivity contribution is 9.10. The first-order valence-corrected chi connectivity index (χ1v) is 5.85. The van der Waals surface area contributed by atoms with Crippen molar-refractivity contribution >= 4 is 15.9 Å². The largest absolute Gasteiger partial charge is 0.488 e. The molecule has 0 saturated heterocycles. The van der Waals surface area contributed by atoms with Crippen molar-refractivity contribution in [2.75, 3.05) is 19.7 Å². The van der Waals surface area contributed by atoms with Crippen LogP contribution >= 0.6 is 15.9 Å². The highest BCUT2D eigenvalue weighted by Gasteiger charge is 2.22. The Hall–Kier alpha value is -0.580. The summed E-state index contributed by atoms with van der Waals surface area (Å²) in [7, 11) is 0. The maximum atomic E-state index is 8.64. The fourth-order valence-electron chi connectivity index (χ4n) is 1.74. The Balaban J connectivity index is 1.91. The second kappa shape index (κ2) is 4.96. The third-order valence-electron chi connectivity index (χ3n) is 2.42. The SMILES string of the molecule is OCCNCC1Cc2cc(Br)ccc2O1. The van der Waals surface area contributed by atoms with E-state index in [0.717, 1.165) is 23.2 Å². The quantitative estimate of drug-likeness (QED) is 0.813. The summed E-state index contributed by atoms with van der Waals surface area (Å²) in [6.07, 6.45) is 1.13. The fourth-order valence-corrected chi connectivity index (χ4v) is 2.15. The number of aliphatic hydroxyl groups is 1. The normalized spacial score (nSPS) is 18.7. The summed E-state index contributed by atoms with van der Waals surface area (Å²) in [4.78, 5) is 0. The number of halogens is 1. The van der Waals surface area contributed by atoms with Crippen LogP contribution in [0.2, 0.25) is 0 Å². The molecule has 0 radical (unpaired) electrons. The first-order chi connectivity index (χ1) is 7.29. The van der Waals surface area contributed by atoms with E-state index < -0.39 is 0 Å². The van der Waals surface area contributed by atoms with Gasteiger partial charge in [0.2, 0.25) is 0 Å². The lowest BCUT2D eigenvalue weighted by Gasteiger charge is -2.10. The van der Waals surface area contributed by atoms with Crippen molar-refractivity contribution in [3.8, 4) is 5.75 Å². The topological polar surface area (TPSA) is 41.5 Å². The van der Waals surface area contributed by atoms with Gasteiger partial charge >= 0.3 is 0 Å². The van der Waals surface area contributed by atoms with Gasteiger partial charge in [0.05, 0.1) is 6.61 Å². The molecule has 3 nitrogen and oxygen atoms in total. The summed E-state index contributed by atoms with van der Waals surface area (Å²) >= 11 is 3.44. The molecule has 4 heteroatoms. The summed E-state index contributed by atoms with van der Waals surface area (Å²) in [5, 5.41) is 11.8. The molecule has 0 saturated carbocycles. The molecule has 15 heavy (non-hydrogen) atoms. The predicted octanol–water partition coefficient (Wildman–Crippen LogP) is 1.33. The molecule has 1 aliphatic heterocycles. The lowest BCUT2D eigenvalue weighted by atomic mass is 10.1. The van der Waals surface area contributed by atoms with Crippen molar-refractivity contribution in [3.05, 3.63) is 28.2 Å². The molecule has 1 heterocycles. The van der Waals surface area contributed by atoms with Crippen LogP contribution in [-0.4, -0.2) is 30.9 Å². The van der Waals surface area contributed by atoms with Gasteiger partial charge in [-0.2, -0.15) is 0 Å². The maximum absolute atomic E-state index is 8.64. The van der Waals surface area contributed by atoms with E-state index >= 15 is 0 Å². The zero-order valence-corrected chi connectivity index (χ0v) is 9.96. The number of rotatable bonds is 4. The van der Waals surface area contributed by atoms with Gasteiger partial charge in [0, 0.05) is 24.0 Å². The minimum Gasteiger partial charge on any atom is -0.488 e. The number of hydrogen-bond acceptors (Lipinski definition) is 3. The summed E-state index contributed by atoms with van der Waals surface area (Å²) in [6, 6.07) is 6.08. The Bertz CT molecular complexity index is 343. The van der Waals surface area contributed by atoms with Crippen LogP contribution < -0.4 is 10.1 Å². The van der Waals surface area contributed by atoms with Gasteiger partial charge in [0.25, 0.3) is 0 Å². The number of nitrogens with one attached hydrogen (secondary N) is 1. The van der Waals surface area contributed by atoms with E-state index in [1.807, 2.05) is 12.1 Å². The Labute approximate surface area is 97.6 Å². The lowest BCUT2D eigenvalue weighted by Crippen LogP contribution is -2.31. The van der Waals surface area contributed by atoms with Gasteiger partial charge in [-0.15, -0.1) is 0 Å². The Kier molecular flexibility index (Phi) is 3.61. The molecule has 0 bridgehead atoms. The van der Waals surface area contributed by atoms with Gasteiger partial charge in [-0.3, -0.25) is 0 Å². The molecule has 0 aromatic heterocycles. The molecule has 1 unspecified atom stereocenters. The summed E-state index contributed by atoms with van der Waals surface area (Å²) in [6.45, 7) is 1.58. The number of benzene rings is 1. The molecule has 82 valence electrons. The molecule has 1 aromatic carbocycles. The zero-order valence-electron chi connectivity index (χ0n) is 8.37. The smallest absolute Gasteiger partial charge is 0.123 e. The minimum absolute atomic E-state index is 0.172. The Morgan fingerprint density at radius 1 is 1.53 bits per heavy atom. The molecule has 2 N–H and O–H groups in total. The van der Waals surface area contributed by atoms with E-state index in [0.29, 0.717) is 6.54 Å². The highest BCUT2D eigenvalue weighted by atomic mass is 79.9. The monoisotopic (exact) mass is 271 g/mol. The number of fused-ring (bicyclic) bond motifs is 1. The standard InChI is InChI=1S/C11H14BrNO2/c12-9-1-2-11-8(5-9)6-10(15-11)7-13-3-4-14/h1-2,5,10,13-14H,3-4,6-7H2. The molecule has 0 spiro atoms. The first kappa shape index (κ1) is 10.9. The van der Waals surface area contributed by atoms with E-state index in [9.17, 15) is 0 Å². The van der Waals surface area contributed by atoms with Crippen LogP contribution in [0.1, 0.15) is 5.56 Å². The molecule has 2 rings (SSSR count). The first-order valence-electron chi connectivity index (χ1n) is 5.06. The predicted molar refractivity (Wildman–Crippen MR) is 62.2 cm³/mol. The number of aliphatic hydroxyl groups excluding tert-OH is 1. The van der Waals surface area contributed by atoms with E-state index in [1.165, 1.54) is 5.56 Å². The van der Waals surface area contributed by atoms with Gasteiger partial charge in [-0.1, -0.05) is 15.9 Å². The van der Waals surface area contributed by atoms with E-state index in [4.69, 9.17) is 9.84 Å². The fraction of sp³-hybridized carbons (Fsp3) is 0.455. The van der Waals surface area contributed by atoms with Crippen LogP contribution in [0.5, 0.6) is 5.75 Å². The summed E-state index contributed by atoms with van der Waals surface area (Å²) < 4.78 is 6.84. The van der Waals surface area contributed by atoms with Crippen molar-refractivity contribution in [1.29, 1.82) is 0 Å². The van der Waals surface area contributed by atoms with Gasteiger partial charge in [-0.05, 0) is 23.8 Å². The molecule has 0 fully saturated rings.